The smallest absolute Gasteiger partial charge is 0.144 e. The molecular formula is C14H21FIN3O. The Balaban J connectivity index is 2.32. The predicted octanol–water partition coefficient (Wildman–Crippen LogP) is 3.79. The van der Waals surface area contributed by atoms with E-state index >= 15 is 0 Å². The molecule has 0 saturated carbocycles. The van der Waals surface area contributed by atoms with Gasteiger partial charge in [-0.15, -0.1) is 0 Å². The van der Waals surface area contributed by atoms with Crippen LogP contribution in [0.25, 0.3) is 0 Å². The minimum absolute atomic E-state index is 0.222. The molecule has 0 heterocycles. The number of benzene rings is 1. The average Bonchev–Trinajstić information content (AvgIpc) is 2.39. The summed E-state index contributed by atoms with van der Waals surface area (Å²) in [6, 6.07) is 4.70. The first-order chi connectivity index (χ1) is 9.36. The molecule has 20 heavy (non-hydrogen) atoms. The Bertz CT molecular complexity index is 477. The van der Waals surface area contributed by atoms with E-state index in [1.807, 2.05) is 13.8 Å². The molecule has 1 aromatic carbocycles. The lowest BCUT2D eigenvalue weighted by atomic mass is 9.86. The highest BCUT2D eigenvalue weighted by molar-refractivity contribution is 14.1. The summed E-state index contributed by atoms with van der Waals surface area (Å²) in [5.74, 6) is 0.0407. The zero-order valence-corrected chi connectivity index (χ0v) is 13.9. The minimum Gasteiger partial charge on any atom is -0.409 e. The van der Waals surface area contributed by atoms with Crippen molar-refractivity contribution in [2.24, 2.45) is 16.3 Å². The topological polar surface area (TPSA) is 70.6 Å². The summed E-state index contributed by atoms with van der Waals surface area (Å²) in [7, 11) is 0. The predicted molar refractivity (Wildman–Crippen MR) is 88.6 cm³/mol. The minimum atomic E-state index is -0.293. The highest BCUT2D eigenvalue weighted by atomic mass is 127. The fourth-order valence-corrected chi connectivity index (χ4v) is 2.48. The number of nitrogens with two attached hydrogens (primary N) is 1. The normalized spacial score (nSPS) is 12.5. The Labute approximate surface area is 132 Å². The fourth-order valence-electron chi connectivity index (χ4n) is 1.81. The highest BCUT2D eigenvalue weighted by Gasteiger charge is 2.22. The van der Waals surface area contributed by atoms with Crippen LogP contribution in [0.1, 0.15) is 33.1 Å². The van der Waals surface area contributed by atoms with E-state index in [1.54, 1.807) is 6.07 Å². The Morgan fingerprint density at radius 3 is 2.75 bits per heavy atom. The summed E-state index contributed by atoms with van der Waals surface area (Å²) in [5.41, 5.74) is 6.29. The van der Waals surface area contributed by atoms with E-state index in [0.29, 0.717) is 0 Å². The van der Waals surface area contributed by atoms with Crippen LogP contribution in [0.2, 0.25) is 0 Å². The number of unbranched alkanes of at least 4 members (excludes halogenated alkanes) is 1. The Hall–Kier alpha value is -1.05. The van der Waals surface area contributed by atoms with E-state index in [2.05, 4.69) is 33.1 Å². The maximum atomic E-state index is 13.0. The monoisotopic (exact) mass is 393 g/mol. The quantitative estimate of drug-likeness (QED) is 0.165. The lowest BCUT2D eigenvalue weighted by Crippen LogP contribution is -2.31. The molecule has 0 saturated heterocycles. The zero-order chi connectivity index (χ0) is 15.2. The van der Waals surface area contributed by atoms with Crippen LogP contribution in [0, 0.1) is 14.8 Å². The van der Waals surface area contributed by atoms with Crippen molar-refractivity contribution in [3.05, 3.63) is 27.6 Å². The van der Waals surface area contributed by atoms with E-state index in [4.69, 9.17) is 10.9 Å². The molecule has 0 spiro atoms. The van der Waals surface area contributed by atoms with Gasteiger partial charge >= 0.3 is 0 Å². The van der Waals surface area contributed by atoms with Crippen LogP contribution in [-0.2, 0) is 0 Å². The molecule has 0 fully saturated rings. The van der Waals surface area contributed by atoms with Crippen molar-refractivity contribution in [1.29, 1.82) is 0 Å². The van der Waals surface area contributed by atoms with Crippen molar-refractivity contribution < 1.29 is 9.60 Å². The van der Waals surface area contributed by atoms with Crippen molar-refractivity contribution in [2.75, 3.05) is 11.9 Å². The second kappa shape index (κ2) is 7.66. The molecule has 0 bridgehead atoms. The summed E-state index contributed by atoms with van der Waals surface area (Å²) >= 11 is 2.11. The van der Waals surface area contributed by atoms with Gasteiger partial charge in [0, 0.05) is 21.2 Å². The van der Waals surface area contributed by atoms with Crippen LogP contribution < -0.4 is 11.1 Å². The van der Waals surface area contributed by atoms with Gasteiger partial charge in [0.15, 0.2) is 0 Å². The number of oxime groups is 1. The van der Waals surface area contributed by atoms with Gasteiger partial charge < -0.3 is 16.3 Å². The molecule has 0 amide bonds. The molecule has 0 unspecified atom stereocenters. The number of hydrogen-bond donors (Lipinski definition) is 3. The fraction of sp³-hybridized carbons (Fsp3) is 0.500. The molecule has 0 aliphatic rings. The molecule has 4 N–H and O–H groups in total. The Morgan fingerprint density at radius 2 is 2.15 bits per heavy atom. The standard InChI is InChI=1S/C14H21FIN3O/c1-14(2,13(17)19-20)7-3-4-8-18-12-6-5-10(15)9-11(12)16/h5-6,9,18,20H,3-4,7-8H2,1-2H3,(H2,17,19). The lowest BCUT2D eigenvalue weighted by Gasteiger charge is -2.22. The molecule has 0 aliphatic carbocycles. The van der Waals surface area contributed by atoms with Gasteiger partial charge in [-0.3, -0.25) is 0 Å². The van der Waals surface area contributed by atoms with Gasteiger partial charge in [-0.2, -0.15) is 0 Å². The van der Waals surface area contributed by atoms with E-state index in [9.17, 15) is 4.39 Å². The first kappa shape index (κ1) is 17.0. The third kappa shape index (κ3) is 5.15. The van der Waals surface area contributed by atoms with Crippen molar-refractivity contribution in [1.82, 2.24) is 0 Å². The number of rotatable bonds is 7. The van der Waals surface area contributed by atoms with Gasteiger partial charge in [0.2, 0.25) is 0 Å². The summed E-state index contributed by atoms with van der Waals surface area (Å²) in [6.45, 7) is 4.73. The molecule has 0 aliphatic heterocycles. The largest absolute Gasteiger partial charge is 0.409 e. The molecule has 0 aromatic heterocycles. The first-order valence-electron chi connectivity index (χ1n) is 6.54. The number of amidine groups is 1. The maximum Gasteiger partial charge on any atom is 0.144 e. The van der Waals surface area contributed by atoms with Crippen molar-refractivity contribution in [2.45, 2.75) is 33.1 Å². The van der Waals surface area contributed by atoms with Gasteiger partial charge in [-0.05, 0) is 53.6 Å². The maximum absolute atomic E-state index is 13.0. The van der Waals surface area contributed by atoms with Gasteiger partial charge in [0.05, 0.1) is 0 Å². The van der Waals surface area contributed by atoms with Crippen LogP contribution in [0.15, 0.2) is 23.4 Å². The van der Waals surface area contributed by atoms with E-state index in [1.165, 1.54) is 12.1 Å². The van der Waals surface area contributed by atoms with E-state index < -0.39 is 0 Å². The number of nitrogens with zero attached hydrogens (tertiary/aromatic N) is 1. The second-order valence-electron chi connectivity index (χ2n) is 5.38. The summed E-state index contributed by atoms with van der Waals surface area (Å²) in [4.78, 5) is 0. The van der Waals surface area contributed by atoms with Crippen LogP contribution in [0.4, 0.5) is 10.1 Å². The molecular weight excluding hydrogens is 372 g/mol. The van der Waals surface area contributed by atoms with Crippen molar-refractivity contribution in [3.63, 3.8) is 0 Å². The average molecular weight is 393 g/mol. The van der Waals surface area contributed by atoms with Crippen LogP contribution in [-0.4, -0.2) is 17.6 Å². The summed E-state index contributed by atoms with van der Waals surface area (Å²) in [6.07, 6.45) is 2.79. The first-order valence-corrected chi connectivity index (χ1v) is 7.61. The molecule has 0 radical (unpaired) electrons. The second-order valence-corrected chi connectivity index (χ2v) is 6.54. The third-order valence-corrected chi connectivity index (χ3v) is 4.17. The Morgan fingerprint density at radius 1 is 1.45 bits per heavy atom. The van der Waals surface area contributed by atoms with Crippen LogP contribution >= 0.6 is 22.6 Å². The van der Waals surface area contributed by atoms with Gasteiger partial charge in [-0.25, -0.2) is 4.39 Å². The van der Waals surface area contributed by atoms with Gasteiger partial charge in [-0.1, -0.05) is 25.4 Å². The van der Waals surface area contributed by atoms with Gasteiger partial charge in [0.1, 0.15) is 11.7 Å². The van der Waals surface area contributed by atoms with E-state index in [-0.39, 0.29) is 17.1 Å². The molecule has 6 heteroatoms. The number of halogens is 2. The molecule has 112 valence electrons. The lowest BCUT2D eigenvalue weighted by molar-refractivity contribution is 0.304. The van der Waals surface area contributed by atoms with Gasteiger partial charge in [0.25, 0.3) is 0 Å². The van der Waals surface area contributed by atoms with Crippen molar-refractivity contribution in [3.8, 4) is 0 Å². The Kier molecular flexibility index (Phi) is 6.51. The third-order valence-electron chi connectivity index (χ3n) is 3.28. The van der Waals surface area contributed by atoms with Crippen molar-refractivity contribution >= 4 is 34.1 Å². The number of anilines is 1. The summed E-state index contributed by atoms with van der Waals surface area (Å²) in [5, 5.41) is 15.0. The highest BCUT2D eigenvalue weighted by Crippen LogP contribution is 2.24. The van der Waals surface area contributed by atoms with E-state index in [0.717, 1.165) is 35.1 Å². The molecule has 0 atom stereocenters. The molecule has 1 rings (SSSR count). The van der Waals surface area contributed by atoms with Crippen LogP contribution in [0.3, 0.4) is 0 Å². The SMILES string of the molecule is CC(C)(CCCCNc1ccc(F)cc1I)/C(N)=N/O. The number of nitrogens with one attached hydrogen (secondary N) is 1. The number of hydrogen-bond acceptors (Lipinski definition) is 3. The molecule has 1 aromatic rings. The molecule has 4 nitrogen and oxygen atoms in total. The zero-order valence-electron chi connectivity index (χ0n) is 11.8. The van der Waals surface area contributed by atoms with Crippen LogP contribution in [0.5, 0.6) is 0 Å². The summed E-state index contributed by atoms with van der Waals surface area (Å²) < 4.78 is 13.8.